The minimum atomic E-state index is -0.643. The molecule has 2 fully saturated rings. The monoisotopic (exact) mass is 797 g/mol. The van der Waals surface area contributed by atoms with Gasteiger partial charge in [-0.3, -0.25) is 0 Å². The standard InChI is InChI=1S/C43H63NO2P.ClH.Pd/c1-29(2)33-24-25-36(37(28-33)30(3)4)41(42(44)31(5)6)43(47(34-20-14-10-15-21-34)35-22-16-11-17-23-35)39(46-8)27-26-38(45-7)40(43)32-18-12-9-13-19-32;;/h9,12-13,18-19,24-31,34-35,41-42H,10-11,14-17,20-23,44H2,1-8H3;1H;/q-1;;+2/p-1. The van der Waals surface area contributed by atoms with Crippen molar-refractivity contribution in [3.63, 3.8) is 0 Å². The molecular formula is C43H63ClNO2PPd. The van der Waals surface area contributed by atoms with E-state index in [1.165, 1.54) is 92.4 Å². The third-order valence-electron chi connectivity index (χ3n) is 11.6. The molecule has 2 aromatic rings. The van der Waals surface area contributed by atoms with E-state index in [1.807, 2.05) is 14.2 Å². The zero-order valence-electron chi connectivity index (χ0n) is 31.4. The van der Waals surface area contributed by atoms with E-state index in [9.17, 15) is 0 Å². The number of rotatable bonds is 12. The first-order chi connectivity index (χ1) is 23.7. The maximum atomic E-state index is 7.77. The van der Waals surface area contributed by atoms with E-state index in [4.69, 9.17) is 15.2 Å². The van der Waals surface area contributed by atoms with Crippen LogP contribution in [0.15, 0.2) is 72.2 Å². The van der Waals surface area contributed by atoms with Crippen LogP contribution in [0, 0.1) is 11.8 Å². The van der Waals surface area contributed by atoms with Gasteiger partial charge in [0.1, 0.15) is 0 Å². The molecule has 49 heavy (non-hydrogen) atoms. The van der Waals surface area contributed by atoms with Gasteiger partial charge in [-0.1, -0.05) is 130 Å². The van der Waals surface area contributed by atoms with Crippen LogP contribution in [-0.2, 0) is 27.7 Å². The number of allylic oxidation sites excluding steroid dienone is 4. The third kappa shape index (κ3) is 8.53. The summed E-state index contributed by atoms with van der Waals surface area (Å²) in [5.74, 6) is 4.53. The predicted octanol–water partition coefficient (Wildman–Crippen LogP) is 12.3. The summed E-state index contributed by atoms with van der Waals surface area (Å²) in [4.78, 5) is 0. The summed E-state index contributed by atoms with van der Waals surface area (Å²) < 4.78 is 13.3. The average Bonchev–Trinajstić information content (AvgIpc) is 3.13. The molecule has 0 spiro atoms. The van der Waals surface area contributed by atoms with E-state index >= 15 is 0 Å². The summed E-state index contributed by atoms with van der Waals surface area (Å²) in [5, 5.41) is -0.442. The van der Waals surface area contributed by atoms with Crippen molar-refractivity contribution in [3.05, 3.63) is 100 Å². The number of halogens is 1. The van der Waals surface area contributed by atoms with Crippen molar-refractivity contribution in [2.24, 2.45) is 11.7 Å². The summed E-state index contributed by atoms with van der Waals surface area (Å²) in [6, 6.07) is 18.5. The first-order valence-corrected chi connectivity index (χ1v) is 22.4. The topological polar surface area (TPSA) is 44.5 Å². The van der Waals surface area contributed by atoms with Crippen molar-refractivity contribution in [1.29, 1.82) is 0 Å². The molecule has 3 nitrogen and oxygen atoms in total. The van der Waals surface area contributed by atoms with Crippen LogP contribution in [0.2, 0.25) is 0 Å². The molecular weight excluding hydrogens is 735 g/mol. The quantitative estimate of drug-likeness (QED) is 0.132. The predicted molar refractivity (Wildman–Crippen MR) is 208 cm³/mol. The van der Waals surface area contributed by atoms with Crippen molar-refractivity contribution >= 4 is 17.5 Å². The number of methoxy groups -OCH3 is 2. The Labute approximate surface area is 315 Å². The number of benzene rings is 2. The number of nitrogens with two attached hydrogens (primary N) is 1. The fourth-order valence-electron chi connectivity index (χ4n) is 9.18. The first-order valence-electron chi connectivity index (χ1n) is 18.9. The molecule has 274 valence electrons. The molecule has 0 heterocycles. The van der Waals surface area contributed by atoms with Gasteiger partial charge >= 0.3 is 27.7 Å². The van der Waals surface area contributed by atoms with Crippen molar-refractivity contribution in [1.82, 2.24) is 0 Å². The molecule has 0 saturated heterocycles. The molecule has 2 N–H and O–H groups in total. The Morgan fingerprint density at radius 3 is 1.80 bits per heavy atom. The van der Waals surface area contributed by atoms with E-state index < -0.39 is 13.1 Å². The zero-order chi connectivity index (χ0) is 35.7. The van der Waals surface area contributed by atoms with Crippen LogP contribution in [0.5, 0.6) is 0 Å². The van der Waals surface area contributed by atoms with Gasteiger partial charge in [-0.25, -0.2) is 0 Å². The van der Waals surface area contributed by atoms with Gasteiger partial charge in [-0.05, 0) is 71.4 Å². The second-order valence-corrected chi connectivity index (χ2v) is 18.4. The van der Waals surface area contributed by atoms with E-state index in [2.05, 4.69) is 130 Å². The van der Waals surface area contributed by atoms with Gasteiger partial charge < -0.3 is 15.2 Å². The Hall–Kier alpha value is -1.27. The molecule has 3 aliphatic rings. The summed E-state index contributed by atoms with van der Waals surface area (Å²) in [6.07, 6.45) is 17.7. The molecule has 0 aliphatic heterocycles. The average molecular weight is 799 g/mol. The molecule has 6 heteroatoms. The second kappa shape index (κ2) is 19.0. The van der Waals surface area contributed by atoms with Gasteiger partial charge in [-0.2, -0.15) is 0 Å². The molecule has 0 radical (unpaired) electrons. The second-order valence-electron chi connectivity index (χ2n) is 15.5. The molecule has 3 aliphatic carbocycles. The van der Waals surface area contributed by atoms with Crippen LogP contribution in [-0.4, -0.2) is 36.7 Å². The summed E-state index contributed by atoms with van der Waals surface area (Å²) in [5.41, 5.74) is 14.6. The number of hydrogen-bond acceptors (Lipinski definition) is 3. The molecule has 0 bridgehead atoms. The molecule has 5 rings (SSSR count). The van der Waals surface area contributed by atoms with Crippen molar-refractivity contribution in [3.8, 4) is 0 Å². The summed E-state index contributed by atoms with van der Waals surface area (Å²) in [7, 11) is 7.63. The van der Waals surface area contributed by atoms with Crippen LogP contribution < -0.4 is 5.73 Å². The van der Waals surface area contributed by atoms with Crippen LogP contribution in [0.3, 0.4) is 0 Å². The number of ether oxygens (including phenoxy) is 2. The van der Waals surface area contributed by atoms with Crippen LogP contribution >= 0.6 is 17.5 Å². The Bertz CT molecular complexity index is 1350. The Morgan fingerprint density at radius 1 is 0.755 bits per heavy atom. The van der Waals surface area contributed by atoms with E-state index in [1.54, 1.807) is 0 Å². The maximum absolute atomic E-state index is 7.77. The van der Waals surface area contributed by atoms with Gasteiger partial charge in [0.25, 0.3) is 0 Å². The summed E-state index contributed by atoms with van der Waals surface area (Å²) >= 11 is 2.22. The Kier molecular flexibility index (Phi) is 15.7. The SMILES string of the molecule is COC1=CC=C(OC)C(C(c2ccc(C(C)C)cc2C(C)C)C(N)C(C)C)(P(C2CCCCC2)C2CCCCC2)[C-]1c1ccccc1.[Cl][Pd+]. The number of hydrogen-bond donors (Lipinski definition) is 1. The van der Waals surface area contributed by atoms with Crippen molar-refractivity contribution in [2.75, 3.05) is 14.2 Å². The molecule has 3 unspecified atom stereocenters. The normalized spacial score (nSPS) is 22.1. The van der Waals surface area contributed by atoms with Crippen LogP contribution in [0.1, 0.15) is 146 Å². The van der Waals surface area contributed by atoms with Gasteiger partial charge in [0.05, 0.1) is 25.1 Å². The van der Waals surface area contributed by atoms with Crippen LogP contribution in [0.25, 0.3) is 0 Å². The Balaban J connectivity index is 0.00000265. The molecule has 2 aromatic carbocycles. The van der Waals surface area contributed by atoms with Gasteiger partial charge in [-0.15, -0.1) is 29.8 Å². The molecule has 0 aromatic heterocycles. The van der Waals surface area contributed by atoms with Crippen molar-refractivity contribution in [2.45, 2.75) is 146 Å². The fourth-order valence-corrected chi connectivity index (χ4v) is 14.3. The Morgan fingerprint density at radius 2 is 1.33 bits per heavy atom. The molecule has 0 amide bonds. The van der Waals surface area contributed by atoms with Gasteiger partial charge in [0.15, 0.2) is 0 Å². The van der Waals surface area contributed by atoms with Gasteiger partial charge in [0, 0.05) is 17.7 Å². The molecule has 2 saturated carbocycles. The van der Waals surface area contributed by atoms with E-state index in [-0.39, 0.29) is 17.9 Å². The zero-order valence-corrected chi connectivity index (χ0v) is 34.6. The minimum absolute atomic E-state index is 0.0244. The molecule has 3 atom stereocenters. The van der Waals surface area contributed by atoms with E-state index in [0.717, 1.165) is 11.5 Å². The third-order valence-corrected chi connectivity index (χ3v) is 15.7. The summed E-state index contributed by atoms with van der Waals surface area (Å²) in [6.45, 7) is 14.0. The van der Waals surface area contributed by atoms with E-state index in [0.29, 0.717) is 23.2 Å². The van der Waals surface area contributed by atoms with Gasteiger partial charge in [0.2, 0.25) is 0 Å². The fraction of sp³-hybridized carbons (Fsp3) is 0.605. The van der Waals surface area contributed by atoms with Crippen molar-refractivity contribution < 1.29 is 27.7 Å². The van der Waals surface area contributed by atoms with Crippen LogP contribution in [0.4, 0.5) is 0 Å². The first kappa shape index (κ1) is 40.5.